The fraction of sp³-hybridized carbons (Fsp3) is 0.500. The van der Waals surface area contributed by atoms with Crippen LogP contribution in [-0.4, -0.2) is 56.4 Å². The van der Waals surface area contributed by atoms with E-state index in [1.165, 1.54) is 32.4 Å². The van der Waals surface area contributed by atoms with E-state index in [1.54, 1.807) is 0 Å². The maximum Gasteiger partial charge on any atom is 0.199 e. The molecule has 0 saturated carbocycles. The SMILES string of the molecule is CC1=C(c2cccc(OC3CCCCO3)c2)C(c2ccc(OC[C@H](C)N3CCCCC3)cc2)Oc2ccc(OC3CCCCO3)cc21. The molecule has 0 N–H and O–H groups in total. The van der Waals surface area contributed by atoms with Crippen molar-refractivity contribution in [2.75, 3.05) is 32.9 Å². The predicted molar refractivity (Wildman–Crippen MR) is 184 cm³/mol. The van der Waals surface area contributed by atoms with Crippen LogP contribution in [0.4, 0.5) is 0 Å². The second-order valence-corrected chi connectivity index (χ2v) is 13.4. The van der Waals surface area contributed by atoms with Crippen molar-refractivity contribution < 1.29 is 28.4 Å². The highest BCUT2D eigenvalue weighted by molar-refractivity contribution is 5.96. The van der Waals surface area contributed by atoms with Gasteiger partial charge in [-0.3, -0.25) is 4.90 Å². The highest BCUT2D eigenvalue weighted by Crippen LogP contribution is 2.48. The first-order valence-electron chi connectivity index (χ1n) is 17.8. The second kappa shape index (κ2) is 15.1. The molecule has 7 heteroatoms. The van der Waals surface area contributed by atoms with Gasteiger partial charge < -0.3 is 28.4 Å². The van der Waals surface area contributed by atoms with Gasteiger partial charge >= 0.3 is 0 Å². The van der Waals surface area contributed by atoms with Gasteiger partial charge in [-0.05, 0) is 125 Å². The van der Waals surface area contributed by atoms with Crippen molar-refractivity contribution in [1.82, 2.24) is 4.90 Å². The molecule has 0 aromatic heterocycles. The molecule has 250 valence electrons. The standard InChI is InChI=1S/C40H49NO6/c1-28(41-21-6-3-7-22-41)27-44-32-17-15-30(16-18-32)40-39(31-11-10-12-33(25-31)45-37-13-4-8-23-42-37)29(2)35-26-34(19-20-36(35)47-40)46-38-14-5-9-24-43-38/h10-12,15-20,25-26,28,37-38,40H,3-9,13-14,21-24,27H2,1-2H3/t28-,37?,38?,40?/m0/s1. The number of likely N-dealkylation sites (tertiary alicyclic amines) is 1. The molecule has 0 spiro atoms. The molecule has 7 rings (SSSR count). The zero-order valence-corrected chi connectivity index (χ0v) is 28.0. The third-order valence-electron chi connectivity index (χ3n) is 9.91. The quantitative estimate of drug-likeness (QED) is 0.220. The van der Waals surface area contributed by atoms with Crippen LogP contribution < -0.4 is 18.9 Å². The Kier molecular flexibility index (Phi) is 10.3. The summed E-state index contributed by atoms with van der Waals surface area (Å²) < 4.78 is 37.4. The summed E-state index contributed by atoms with van der Waals surface area (Å²) in [4.78, 5) is 2.54. The Labute approximate surface area is 279 Å². The van der Waals surface area contributed by atoms with Crippen LogP contribution >= 0.6 is 0 Å². The molecule has 0 amide bonds. The molecule has 47 heavy (non-hydrogen) atoms. The van der Waals surface area contributed by atoms with E-state index < -0.39 is 0 Å². The fourth-order valence-electron chi connectivity index (χ4n) is 7.18. The summed E-state index contributed by atoms with van der Waals surface area (Å²) in [5, 5.41) is 0. The van der Waals surface area contributed by atoms with E-state index in [1.807, 2.05) is 18.2 Å². The Morgan fingerprint density at radius 2 is 1.43 bits per heavy atom. The Balaban J connectivity index is 1.16. The van der Waals surface area contributed by atoms with Crippen molar-refractivity contribution in [1.29, 1.82) is 0 Å². The number of allylic oxidation sites excluding steroid dienone is 1. The van der Waals surface area contributed by atoms with Crippen LogP contribution in [-0.2, 0) is 9.47 Å². The van der Waals surface area contributed by atoms with Crippen molar-refractivity contribution in [3.8, 4) is 23.0 Å². The molecule has 4 heterocycles. The third-order valence-corrected chi connectivity index (χ3v) is 9.91. The lowest BCUT2D eigenvalue weighted by Gasteiger charge is -2.32. The molecule has 4 aliphatic rings. The molecule has 3 fully saturated rings. The van der Waals surface area contributed by atoms with Crippen molar-refractivity contribution in [3.63, 3.8) is 0 Å². The highest BCUT2D eigenvalue weighted by Gasteiger charge is 2.31. The van der Waals surface area contributed by atoms with Gasteiger partial charge in [-0.15, -0.1) is 0 Å². The lowest BCUT2D eigenvalue weighted by atomic mass is 9.86. The van der Waals surface area contributed by atoms with E-state index in [0.29, 0.717) is 12.6 Å². The zero-order chi connectivity index (χ0) is 32.0. The minimum Gasteiger partial charge on any atom is -0.492 e. The molecule has 0 bridgehead atoms. The molecule has 0 aliphatic carbocycles. The second-order valence-electron chi connectivity index (χ2n) is 13.4. The number of hydrogen-bond acceptors (Lipinski definition) is 7. The van der Waals surface area contributed by atoms with Crippen LogP contribution in [0.15, 0.2) is 66.7 Å². The molecule has 0 radical (unpaired) electrons. The van der Waals surface area contributed by atoms with Gasteiger partial charge in [0.15, 0.2) is 12.6 Å². The largest absolute Gasteiger partial charge is 0.492 e. The molecular formula is C40H49NO6. The highest BCUT2D eigenvalue weighted by atomic mass is 16.7. The van der Waals surface area contributed by atoms with E-state index in [-0.39, 0.29) is 18.7 Å². The van der Waals surface area contributed by atoms with E-state index in [4.69, 9.17) is 28.4 Å². The first-order chi connectivity index (χ1) is 23.1. The Hall–Kier alpha value is -3.52. The van der Waals surface area contributed by atoms with Gasteiger partial charge in [0.05, 0.1) is 13.2 Å². The molecule has 3 saturated heterocycles. The number of ether oxygens (including phenoxy) is 6. The minimum atomic E-state index is -0.307. The van der Waals surface area contributed by atoms with Crippen LogP contribution in [0.1, 0.15) is 94.4 Å². The molecule has 3 aromatic carbocycles. The van der Waals surface area contributed by atoms with Crippen molar-refractivity contribution >= 4 is 11.1 Å². The van der Waals surface area contributed by atoms with Gasteiger partial charge in [-0.1, -0.05) is 30.7 Å². The summed E-state index contributed by atoms with van der Waals surface area (Å²) in [7, 11) is 0. The smallest absolute Gasteiger partial charge is 0.199 e. The number of benzene rings is 3. The van der Waals surface area contributed by atoms with E-state index in [0.717, 1.165) is 103 Å². The number of rotatable bonds is 10. The fourth-order valence-corrected chi connectivity index (χ4v) is 7.18. The van der Waals surface area contributed by atoms with Gasteiger partial charge in [0.2, 0.25) is 0 Å². The summed E-state index contributed by atoms with van der Waals surface area (Å²) in [6.07, 6.45) is 9.41. The van der Waals surface area contributed by atoms with Crippen molar-refractivity contribution in [2.45, 2.75) is 96.4 Å². The Bertz CT molecular complexity index is 1500. The van der Waals surface area contributed by atoms with Crippen LogP contribution in [0.2, 0.25) is 0 Å². The minimum absolute atomic E-state index is 0.206. The van der Waals surface area contributed by atoms with Crippen LogP contribution in [0.3, 0.4) is 0 Å². The molecular weight excluding hydrogens is 590 g/mol. The molecule has 3 unspecified atom stereocenters. The number of nitrogens with zero attached hydrogens (tertiary/aromatic N) is 1. The summed E-state index contributed by atoms with van der Waals surface area (Å²) in [6, 6.07) is 23.3. The van der Waals surface area contributed by atoms with Crippen molar-refractivity contribution in [3.05, 3.63) is 83.4 Å². The van der Waals surface area contributed by atoms with Gasteiger partial charge in [0.25, 0.3) is 0 Å². The Morgan fingerprint density at radius 3 is 2.11 bits per heavy atom. The lowest BCUT2D eigenvalue weighted by molar-refractivity contribution is -0.106. The summed E-state index contributed by atoms with van der Waals surface area (Å²) in [5.74, 6) is 3.32. The molecule has 7 nitrogen and oxygen atoms in total. The van der Waals surface area contributed by atoms with E-state index >= 15 is 0 Å². The summed E-state index contributed by atoms with van der Waals surface area (Å²) in [5.41, 5.74) is 5.40. The van der Waals surface area contributed by atoms with E-state index in [9.17, 15) is 0 Å². The normalized spacial score (nSPS) is 24.2. The van der Waals surface area contributed by atoms with Gasteiger partial charge in [-0.25, -0.2) is 0 Å². The number of piperidine rings is 1. The number of fused-ring (bicyclic) bond motifs is 1. The first kappa shape index (κ1) is 32.0. The zero-order valence-electron chi connectivity index (χ0n) is 28.0. The topological polar surface area (TPSA) is 58.6 Å². The summed E-state index contributed by atoms with van der Waals surface area (Å²) >= 11 is 0. The maximum absolute atomic E-state index is 6.85. The average Bonchev–Trinajstić information content (AvgIpc) is 3.12. The molecule has 4 atom stereocenters. The third kappa shape index (κ3) is 7.80. The van der Waals surface area contributed by atoms with Crippen LogP contribution in [0.5, 0.6) is 23.0 Å². The molecule has 3 aromatic rings. The predicted octanol–water partition coefficient (Wildman–Crippen LogP) is 8.82. The van der Waals surface area contributed by atoms with Crippen LogP contribution in [0.25, 0.3) is 11.1 Å². The summed E-state index contributed by atoms with van der Waals surface area (Å²) in [6.45, 7) is 8.96. The van der Waals surface area contributed by atoms with Gasteiger partial charge in [-0.2, -0.15) is 0 Å². The number of hydrogen-bond donors (Lipinski definition) is 0. The Morgan fingerprint density at radius 1 is 0.745 bits per heavy atom. The first-order valence-corrected chi connectivity index (χ1v) is 17.8. The van der Waals surface area contributed by atoms with Crippen molar-refractivity contribution in [2.24, 2.45) is 0 Å². The molecule has 4 aliphatic heterocycles. The average molecular weight is 640 g/mol. The van der Waals surface area contributed by atoms with E-state index in [2.05, 4.69) is 67.3 Å². The van der Waals surface area contributed by atoms with Gasteiger partial charge in [0, 0.05) is 30.0 Å². The van der Waals surface area contributed by atoms with Crippen LogP contribution in [0, 0.1) is 0 Å². The monoisotopic (exact) mass is 639 g/mol. The lowest BCUT2D eigenvalue weighted by Crippen LogP contribution is -2.40. The maximum atomic E-state index is 6.85. The van der Waals surface area contributed by atoms with Gasteiger partial charge in [0.1, 0.15) is 35.7 Å².